The van der Waals surface area contributed by atoms with Crippen molar-refractivity contribution < 1.29 is 0 Å². The lowest BCUT2D eigenvalue weighted by molar-refractivity contribution is 0.290. The molecule has 0 spiro atoms. The van der Waals surface area contributed by atoms with Crippen LogP contribution < -0.4 is 10.6 Å². The summed E-state index contributed by atoms with van der Waals surface area (Å²) in [5.41, 5.74) is 4.81. The van der Waals surface area contributed by atoms with E-state index >= 15 is 0 Å². The minimum Gasteiger partial charge on any atom is -0.355 e. The molecule has 0 aliphatic heterocycles. The van der Waals surface area contributed by atoms with Crippen LogP contribution >= 0.6 is 0 Å². The number of benzene rings is 1. The van der Waals surface area contributed by atoms with E-state index in [4.69, 9.17) is 0 Å². The van der Waals surface area contributed by atoms with Crippen LogP contribution in [0.3, 0.4) is 0 Å². The van der Waals surface area contributed by atoms with Gasteiger partial charge < -0.3 is 15.5 Å². The van der Waals surface area contributed by atoms with Crippen molar-refractivity contribution in [3.8, 4) is 0 Å². The first-order chi connectivity index (χ1) is 12.4. The molecule has 0 bridgehead atoms. The third-order valence-electron chi connectivity index (χ3n) is 4.86. The first kappa shape index (κ1) is 20.0. The molecule has 0 amide bonds. The lowest BCUT2D eigenvalue weighted by Crippen LogP contribution is -2.45. The van der Waals surface area contributed by atoms with Gasteiger partial charge in [-0.3, -0.25) is 9.67 Å². The predicted molar refractivity (Wildman–Crippen MR) is 109 cm³/mol. The number of aliphatic imine (C=N–C) groups is 1. The Morgan fingerprint density at radius 2 is 1.88 bits per heavy atom. The maximum absolute atomic E-state index is 4.47. The number of rotatable bonds is 7. The summed E-state index contributed by atoms with van der Waals surface area (Å²) in [7, 11) is 8.02. The molecule has 1 heterocycles. The van der Waals surface area contributed by atoms with E-state index < -0.39 is 0 Å². The molecule has 26 heavy (non-hydrogen) atoms. The Labute approximate surface area is 157 Å². The molecule has 0 saturated heterocycles. The van der Waals surface area contributed by atoms with Crippen LogP contribution in [0.5, 0.6) is 0 Å². The van der Waals surface area contributed by atoms with E-state index in [1.165, 1.54) is 16.8 Å². The summed E-state index contributed by atoms with van der Waals surface area (Å²) < 4.78 is 1.92. The van der Waals surface area contributed by atoms with Gasteiger partial charge in [0.05, 0.1) is 5.69 Å². The molecule has 1 aromatic heterocycles. The van der Waals surface area contributed by atoms with E-state index in [0.717, 1.165) is 31.2 Å². The summed E-state index contributed by atoms with van der Waals surface area (Å²) in [4.78, 5) is 6.61. The maximum Gasteiger partial charge on any atom is 0.191 e. The highest BCUT2D eigenvalue weighted by Gasteiger charge is 2.14. The van der Waals surface area contributed by atoms with Crippen molar-refractivity contribution in [2.24, 2.45) is 12.0 Å². The zero-order valence-electron chi connectivity index (χ0n) is 16.9. The van der Waals surface area contributed by atoms with Gasteiger partial charge in [0.1, 0.15) is 0 Å². The summed E-state index contributed by atoms with van der Waals surface area (Å²) in [6.07, 6.45) is 0.999. The average Bonchev–Trinajstić information content (AvgIpc) is 2.87. The first-order valence-electron chi connectivity index (χ1n) is 9.06. The topological polar surface area (TPSA) is 57.5 Å². The lowest BCUT2D eigenvalue weighted by Gasteiger charge is -2.25. The molecule has 1 unspecified atom stereocenters. The molecule has 142 valence electrons. The highest BCUT2D eigenvalue weighted by molar-refractivity contribution is 5.79. The van der Waals surface area contributed by atoms with Gasteiger partial charge in [-0.1, -0.05) is 30.3 Å². The molecule has 0 fully saturated rings. The molecule has 0 radical (unpaired) electrons. The normalized spacial score (nSPS) is 13.1. The molecule has 1 aromatic carbocycles. The minimum atomic E-state index is 0.387. The van der Waals surface area contributed by atoms with Crippen LogP contribution in [-0.4, -0.2) is 54.4 Å². The zero-order valence-corrected chi connectivity index (χ0v) is 16.9. The van der Waals surface area contributed by atoms with Crippen molar-refractivity contribution in [1.29, 1.82) is 0 Å². The quantitative estimate of drug-likeness (QED) is 0.587. The van der Waals surface area contributed by atoms with Gasteiger partial charge in [-0.2, -0.15) is 5.10 Å². The number of aryl methyl sites for hydroxylation is 2. The molecular formula is C20H32N6. The summed E-state index contributed by atoms with van der Waals surface area (Å²) >= 11 is 0. The number of aromatic nitrogens is 2. The Hall–Kier alpha value is -2.34. The van der Waals surface area contributed by atoms with Crippen LogP contribution in [0.2, 0.25) is 0 Å². The van der Waals surface area contributed by atoms with E-state index in [-0.39, 0.29) is 0 Å². The van der Waals surface area contributed by atoms with Crippen molar-refractivity contribution in [2.45, 2.75) is 32.9 Å². The van der Waals surface area contributed by atoms with Crippen LogP contribution in [0, 0.1) is 13.8 Å². The molecule has 2 N–H and O–H groups in total. The fraction of sp³-hybridized carbons (Fsp3) is 0.500. The molecule has 0 aliphatic carbocycles. The number of nitrogens with zero attached hydrogens (tertiary/aromatic N) is 4. The standard InChI is InChI=1S/C20H32N6/c1-15-19(16(2)26(6)24-15)14-23-20(21-3)22-13-18(25(4)5)12-17-10-8-7-9-11-17/h7-11,18H,12-14H2,1-6H3,(H2,21,22,23). The molecule has 6 nitrogen and oxygen atoms in total. The third-order valence-corrected chi connectivity index (χ3v) is 4.86. The number of nitrogens with one attached hydrogen (secondary N) is 2. The fourth-order valence-corrected chi connectivity index (χ4v) is 3.00. The van der Waals surface area contributed by atoms with Gasteiger partial charge in [0.25, 0.3) is 0 Å². The van der Waals surface area contributed by atoms with Crippen molar-refractivity contribution in [1.82, 2.24) is 25.3 Å². The monoisotopic (exact) mass is 356 g/mol. The highest BCUT2D eigenvalue weighted by atomic mass is 15.3. The van der Waals surface area contributed by atoms with Gasteiger partial charge in [-0.15, -0.1) is 0 Å². The molecule has 6 heteroatoms. The Balaban J connectivity index is 1.91. The van der Waals surface area contributed by atoms with Crippen LogP contribution in [0.25, 0.3) is 0 Å². The first-order valence-corrected chi connectivity index (χ1v) is 9.06. The van der Waals surface area contributed by atoms with Gasteiger partial charge in [0.2, 0.25) is 0 Å². The minimum absolute atomic E-state index is 0.387. The predicted octanol–water partition coefficient (Wildman–Crippen LogP) is 1.87. The number of hydrogen-bond acceptors (Lipinski definition) is 3. The van der Waals surface area contributed by atoms with E-state index in [9.17, 15) is 0 Å². The maximum atomic E-state index is 4.47. The van der Waals surface area contributed by atoms with Gasteiger partial charge in [0.15, 0.2) is 5.96 Å². The van der Waals surface area contributed by atoms with E-state index in [2.05, 4.69) is 77.0 Å². The largest absolute Gasteiger partial charge is 0.355 e. The van der Waals surface area contributed by atoms with Crippen LogP contribution in [-0.2, 0) is 20.0 Å². The lowest BCUT2D eigenvalue weighted by atomic mass is 10.1. The number of likely N-dealkylation sites (N-methyl/N-ethyl adjacent to an activating group) is 1. The number of hydrogen-bond donors (Lipinski definition) is 2. The fourth-order valence-electron chi connectivity index (χ4n) is 3.00. The third kappa shape index (κ3) is 5.33. The molecule has 0 saturated carbocycles. The molecule has 2 aromatic rings. The summed E-state index contributed by atoms with van der Waals surface area (Å²) in [5, 5.41) is 11.3. The summed E-state index contributed by atoms with van der Waals surface area (Å²) in [5.74, 6) is 0.813. The molecule has 1 atom stereocenters. The van der Waals surface area contributed by atoms with Crippen LogP contribution in [0.1, 0.15) is 22.5 Å². The molecule has 0 aliphatic rings. The Bertz CT molecular complexity index is 717. The summed E-state index contributed by atoms with van der Waals surface area (Å²) in [6, 6.07) is 11.0. The van der Waals surface area contributed by atoms with E-state index in [0.29, 0.717) is 6.04 Å². The van der Waals surface area contributed by atoms with Gasteiger partial charge in [-0.05, 0) is 39.9 Å². The Morgan fingerprint density at radius 3 is 2.42 bits per heavy atom. The van der Waals surface area contributed by atoms with Crippen LogP contribution in [0.15, 0.2) is 35.3 Å². The van der Waals surface area contributed by atoms with E-state index in [1.54, 1.807) is 7.05 Å². The molecule has 2 rings (SSSR count). The van der Waals surface area contributed by atoms with Crippen molar-refractivity contribution in [3.63, 3.8) is 0 Å². The smallest absolute Gasteiger partial charge is 0.191 e. The van der Waals surface area contributed by atoms with Gasteiger partial charge >= 0.3 is 0 Å². The van der Waals surface area contributed by atoms with Crippen molar-refractivity contribution in [3.05, 3.63) is 52.8 Å². The highest BCUT2D eigenvalue weighted by Crippen LogP contribution is 2.11. The second-order valence-corrected chi connectivity index (χ2v) is 6.89. The number of guanidine groups is 1. The SMILES string of the molecule is CN=C(NCc1c(C)nn(C)c1C)NCC(Cc1ccccc1)N(C)C. The zero-order chi connectivity index (χ0) is 19.1. The van der Waals surface area contributed by atoms with Gasteiger partial charge in [0, 0.05) is 44.5 Å². The van der Waals surface area contributed by atoms with Gasteiger partial charge in [-0.25, -0.2) is 0 Å². The average molecular weight is 357 g/mol. The second-order valence-electron chi connectivity index (χ2n) is 6.89. The second kappa shape index (κ2) is 9.38. The Kier molecular flexibility index (Phi) is 7.21. The van der Waals surface area contributed by atoms with Crippen molar-refractivity contribution >= 4 is 5.96 Å². The molecular weight excluding hydrogens is 324 g/mol. The summed E-state index contributed by atoms with van der Waals surface area (Å²) in [6.45, 7) is 5.68. The van der Waals surface area contributed by atoms with Crippen LogP contribution in [0.4, 0.5) is 0 Å². The Morgan fingerprint density at radius 1 is 1.19 bits per heavy atom. The van der Waals surface area contributed by atoms with E-state index in [1.807, 2.05) is 18.7 Å². The van der Waals surface area contributed by atoms with Crippen molar-refractivity contribution in [2.75, 3.05) is 27.7 Å².